The molecule has 1 amide bonds. The van der Waals surface area contributed by atoms with E-state index in [0.29, 0.717) is 26.9 Å². The number of carbonyl (C=O) groups is 2. The van der Waals surface area contributed by atoms with E-state index in [1.807, 2.05) is 0 Å². The van der Waals surface area contributed by atoms with Gasteiger partial charge in [-0.15, -0.1) is 11.6 Å². The van der Waals surface area contributed by atoms with Crippen molar-refractivity contribution in [1.29, 1.82) is 0 Å². The fourth-order valence-electron chi connectivity index (χ4n) is 2.47. The number of nitrogens with zero attached hydrogens (tertiary/aromatic N) is 2. The van der Waals surface area contributed by atoms with E-state index in [-0.39, 0.29) is 18.1 Å². The van der Waals surface area contributed by atoms with Crippen molar-refractivity contribution in [3.05, 3.63) is 63.6 Å². The second kappa shape index (κ2) is 7.44. The average molecular weight is 398 g/mol. The predicted molar refractivity (Wildman–Crippen MR) is 97.4 cm³/mol. The largest absolute Gasteiger partial charge is 0.349 e. The molecule has 25 heavy (non-hydrogen) atoms. The Kier molecular flexibility index (Phi) is 5.27. The summed E-state index contributed by atoms with van der Waals surface area (Å²) in [6.07, 6.45) is 0. The number of oxime groups is 1. The first-order valence-electron chi connectivity index (χ1n) is 7.21. The van der Waals surface area contributed by atoms with Crippen LogP contribution in [0.5, 0.6) is 0 Å². The number of benzene rings is 2. The average Bonchev–Trinajstić information content (AvgIpc) is 2.87. The molecule has 3 rings (SSSR count). The van der Waals surface area contributed by atoms with Gasteiger partial charge in [0.15, 0.2) is 5.71 Å². The standard InChI is InChI=1S/C17H11Cl3N2O3/c18-8-15(23)25-21-16-10-4-1-2-7-14(10)22(17(16)24)9-11-12(19)5-3-6-13(11)20/h1-7H,8-9H2/b21-16-. The molecule has 0 aromatic heterocycles. The molecular weight excluding hydrogens is 387 g/mol. The van der Waals surface area contributed by atoms with Crippen molar-refractivity contribution >= 4 is 58.1 Å². The molecule has 0 radical (unpaired) electrons. The number of carbonyl (C=O) groups excluding carboxylic acids is 2. The van der Waals surface area contributed by atoms with Gasteiger partial charge >= 0.3 is 5.97 Å². The molecule has 0 aliphatic carbocycles. The molecule has 0 bridgehead atoms. The molecule has 0 fully saturated rings. The Bertz CT molecular complexity index is 863. The number of para-hydroxylation sites is 1. The molecule has 0 spiro atoms. The van der Waals surface area contributed by atoms with Crippen LogP contribution in [0.15, 0.2) is 47.6 Å². The van der Waals surface area contributed by atoms with E-state index < -0.39 is 11.9 Å². The summed E-state index contributed by atoms with van der Waals surface area (Å²) in [4.78, 5) is 30.2. The lowest BCUT2D eigenvalue weighted by Crippen LogP contribution is -2.30. The minimum atomic E-state index is -0.743. The summed E-state index contributed by atoms with van der Waals surface area (Å²) < 4.78 is 0. The van der Waals surface area contributed by atoms with Crippen molar-refractivity contribution in [3.63, 3.8) is 0 Å². The fourth-order valence-corrected chi connectivity index (χ4v) is 3.04. The van der Waals surface area contributed by atoms with Gasteiger partial charge in [0.05, 0.1) is 12.2 Å². The van der Waals surface area contributed by atoms with Crippen LogP contribution in [0.3, 0.4) is 0 Å². The summed E-state index contributed by atoms with van der Waals surface area (Å²) >= 11 is 17.8. The van der Waals surface area contributed by atoms with Crippen molar-refractivity contribution in [1.82, 2.24) is 0 Å². The smallest absolute Gasteiger partial charge is 0.316 e. The predicted octanol–water partition coefficient (Wildman–Crippen LogP) is 4.03. The third-order valence-electron chi connectivity index (χ3n) is 3.62. The third kappa shape index (κ3) is 3.49. The van der Waals surface area contributed by atoms with Crippen LogP contribution in [0.25, 0.3) is 0 Å². The molecule has 0 unspecified atom stereocenters. The molecular formula is C17H11Cl3N2O3. The fraction of sp³-hybridized carbons (Fsp3) is 0.118. The van der Waals surface area contributed by atoms with Gasteiger partial charge in [-0.2, -0.15) is 0 Å². The van der Waals surface area contributed by atoms with Gasteiger partial charge in [-0.1, -0.05) is 52.6 Å². The molecule has 0 saturated carbocycles. The quantitative estimate of drug-likeness (QED) is 0.445. The Morgan fingerprint density at radius 3 is 2.44 bits per heavy atom. The second-order valence-corrected chi connectivity index (χ2v) is 6.23. The Hall–Kier alpha value is -2.08. The molecule has 0 N–H and O–H groups in total. The van der Waals surface area contributed by atoms with Crippen LogP contribution in [-0.4, -0.2) is 23.5 Å². The maximum atomic E-state index is 12.8. The van der Waals surface area contributed by atoms with E-state index in [1.165, 1.54) is 4.90 Å². The van der Waals surface area contributed by atoms with Gasteiger partial charge in [-0.05, 0) is 18.2 Å². The minimum absolute atomic E-state index is 0.0252. The lowest BCUT2D eigenvalue weighted by molar-refractivity contribution is -0.140. The topological polar surface area (TPSA) is 59.0 Å². The summed E-state index contributed by atoms with van der Waals surface area (Å²) in [5.74, 6) is -1.52. The lowest BCUT2D eigenvalue weighted by Gasteiger charge is -2.18. The summed E-state index contributed by atoms with van der Waals surface area (Å²) in [6.45, 7) is 0.164. The highest BCUT2D eigenvalue weighted by atomic mass is 35.5. The maximum Gasteiger partial charge on any atom is 0.349 e. The molecule has 0 atom stereocenters. The molecule has 5 nitrogen and oxygen atoms in total. The number of amides is 1. The van der Waals surface area contributed by atoms with Gasteiger partial charge in [0.2, 0.25) is 0 Å². The van der Waals surface area contributed by atoms with Crippen LogP contribution in [0.4, 0.5) is 5.69 Å². The van der Waals surface area contributed by atoms with Crippen LogP contribution in [0, 0.1) is 0 Å². The molecule has 1 heterocycles. The van der Waals surface area contributed by atoms with Crippen LogP contribution < -0.4 is 4.90 Å². The Balaban J connectivity index is 1.99. The molecule has 2 aromatic rings. The summed E-state index contributed by atoms with van der Waals surface area (Å²) in [5.41, 5.74) is 1.83. The van der Waals surface area contributed by atoms with Gasteiger partial charge < -0.3 is 9.74 Å². The first-order valence-corrected chi connectivity index (χ1v) is 8.50. The molecule has 128 valence electrons. The van der Waals surface area contributed by atoms with Crippen LogP contribution in [0.1, 0.15) is 11.1 Å². The van der Waals surface area contributed by atoms with Crippen molar-refractivity contribution in [3.8, 4) is 0 Å². The van der Waals surface area contributed by atoms with E-state index in [4.69, 9.17) is 34.8 Å². The van der Waals surface area contributed by atoms with Gasteiger partial charge in [-0.3, -0.25) is 4.79 Å². The minimum Gasteiger partial charge on any atom is -0.316 e. The van der Waals surface area contributed by atoms with Crippen molar-refractivity contribution in [2.45, 2.75) is 6.54 Å². The molecule has 1 aliphatic heterocycles. The Morgan fingerprint density at radius 1 is 1.08 bits per heavy atom. The zero-order valence-corrected chi connectivity index (χ0v) is 15.0. The molecule has 1 aliphatic rings. The van der Waals surface area contributed by atoms with E-state index in [1.54, 1.807) is 42.5 Å². The van der Waals surface area contributed by atoms with Gasteiger partial charge in [0, 0.05) is 21.2 Å². The first kappa shape index (κ1) is 17.7. The highest BCUT2D eigenvalue weighted by molar-refractivity contribution is 6.54. The molecule has 2 aromatic carbocycles. The van der Waals surface area contributed by atoms with Gasteiger partial charge in [0.25, 0.3) is 5.91 Å². The zero-order valence-electron chi connectivity index (χ0n) is 12.7. The zero-order chi connectivity index (χ0) is 18.0. The highest BCUT2D eigenvalue weighted by Crippen LogP contribution is 2.33. The third-order valence-corrected chi connectivity index (χ3v) is 4.55. The summed E-state index contributed by atoms with van der Waals surface area (Å²) in [5, 5.41) is 4.59. The normalized spacial score (nSPS) is 14.8. The van der Waals surface area contributed by atoms with Crippen molar-refractivity contribution in [2.75, 3.05) is 10.8 Å². The number of hydrogen-bond donors (Lipinski definition) is 0. The lowest BCUT2D eigenvalue weighted by atomic mass is 10.1. The van der Waals surface area contributed by atoms with E-state index in [2.05, 4.69) is 9.99 Å². The Labute approximate surface area is 158 Å². The van der Waals surface area contributed by atoms with Crippen LogP contribution in [-0.2, 0) is 21.0 Å². The number of alkyl halides is 1. The van der Waals surface area contributed by atoms with Crippen molar-refractivity contribution < 1.29 is 14.4 Å². The van der Waals surface area contributed by atoms with E-state index in [9.17, 15) is 9.59 Å². The Morgan fingerprint density at radius 2 is 1.76 bits per heavy atom. The monoisotopic (exact) mass is 396 g/mol. The maximum absolute atomic E-state index is 12.8. The number of rotatable bonds is 4. The van der Waals surface area contributed by atoms with Gasteiger partial charge in [0.1, 0.15) is 5.88 Å². The number of hydrogen-bond acceptors (Lipinski definition) is 4. The van der Waals surface area contributed by atoms with E-state index >= 15 is 0 Å². The number of halogens is 3. The second-order valence-electron chi connectivity index (χ2n) is 5.15. The highest BCUT2D eigenvalue weighted by Gasteiger charge is 2.35. The van der Waals surface area contributed by atoms with Crippen molar-refractivity contribution in [2.24, 2.45) is 5.16 Å². The van der Waals surface area contributed by atoms with Crippen LogP contribution in [0.2, 0.25) is 10.0 Å². The molecule has 0 saturated heterocycles. The van der Waals surface area contributed by atoms with Gasteiger partial charge in [-0.25, -0.2) is 4.79 Å². The first-order chi connectivity index (χ1) is 12.0. The van der Waals surface area contributed by atoms with Crippen LogP contribution >= 0.6 is 34.8 Å². The summed E-state index contributed by atoms with van der Waals surface area (Å²) in [7, 11) is 0. The number of anilines is 1. The molecule has 8 heteroatoms. The number of fused-ring (bicyclic) bond motifs is 1. The van der Waals surface area contributed by atoms with E-state index in [0.717, 1.165) is 0 Å². The SMILES string of the molecule is O=C(CCl)O/N=C1\C(=O)N(Cc2c(Cl)cccc2Cl)c2ccccc21. The summed E-state index contributed by atoms with van der Waals surface area (Å²) in [6, 6.07) is 12.2.